The second kappa shape index (κ2) is 9.79. The van der Waals surface area contributed by atoms with E-state index in [1.807, 2.05) is 68.4 Å². The Morgan fingerprint density at radius 2 is 1.61 bits per heavy atom. The summed E-state index contributed by atoms with van der Waals surface area (Å²) in [7, 11) is 0. The minimum Gasteiger partial charge on any atom is -0.480 e. The predicted octanol–water partition coefficient (Wildman–Crippen LogP) is 5.54. The molecule has 0 aliphatic heterocycles. The number of hydrogen-bond acceptors (Lipinski definition) is 3. The van der Waals surface area contributed by atoms with Gasteiger partial charge in [-0.15, -0.1) is 0 Å². The number of nitrogens with zero attached hydrogens (tertiary/aromatic N) is 2. The van der Waals surface area contributed by atoms with Gasteiger partial charge in [0.2, 0.25) is 0 Å². The van der Waals surface area contributed by atoms with E-state index in [4.69, 9.17) is 0 Å². The van der Waals surface area contributed by atoms with Gasteiger partial charge in [0, 0.05) is 17.7 Å². The summed E-state index contributed by atoms with van der Waals surface area (Å²) in [5.74, 6) is -1.37. The van der Waals surface area contributed by atoms with Crippen LogP contribution in [0.5, 0.6) is 0 Å². The molecule has 2 N–H and O–H groups in total. The number of aromatic nitrogens is 2. The highest BCUT2D eigenvalue weighted by atomic mass is 19.1. The zero-order valence-corrected chi connectivity index (χ0v) is 18.6. The van der Waals surface area contributed by atoms with Gasteiger partial charge < -0.3 is 5.11 Å². The molecule has 1 aromatic heterocycles. The standard InChI is InChI=1S/C27H26FN3O2/c1-18(2)25(27(32)33)29-16-21-17-30-31(26(21)23-10-6-7-11-24(23)28)22-14-12-20(13-15-22)19-8-4-3-5-9-19/h3-15,17-18,25,29H,16H2,1-2H3,(H,32,33). The molecule has 1 unspecified atom stereocenters. The average Bonchev–Trinajstić information content (AvgIpc) is 3.23. The molecule has 0 aliphatic rings. The lowest BCUT2D eigenvalue weighted by molar-refractivity contribution is -0.140. The van der Waals surface area contributed by atoms with Crippen LogP contribution in [-0.4, -0.2) is 26.9 Å². The van der Waals surface area contributed by atoms with Gasteiger partial charge in [0.25, 0.3) is 0 Å². The maximum Gasteiger partial charge on any atom is 0.320 e. The zero-order valence-electron chi connectivity index (χ0n) is 18.6. The van der Waals surface area contributed by atoms with E-state index in [1.54, 1.807) is 29.1 Å². The molecule has 6 heteroatoms. The Morgan fingerprint density at radius 3 is 2.24 bits per heavy atom. The van der Waals surface area contributed by atoms with Crippen molar-refractivity contribution in [2.75, 3.05) is 0 Å². The molecule has 1 heterocycles. The summed E-state index contributed by atoms with van der Waals surface area (Å²) in [6, 6.07) is 23.8. The monoisotopic (exact) mass is 443 g/mol. The molecule has 5 nitrogen and oxygen atoms in total. The van der Waals surface area contributed by atoms with Gasteiger partial charge in [0.1, 0.15) is 11.9 Å². The third-order valence-electron chi connectivity index (χ3n) is 5.64. The van der Waals surface area contributed by atoms with Crippen molar-refractivity contribution >= 4 is 5.97 Å². The van der Waals surface area contributed by atoms with E-state index in [9.17, 15) is 14.3 Å². The normalized spacial score (nSPS) is 12.1. The minimum atomic E-state index is -0.915. The summed E-state index contributed by atoms with van der Waals surface area (Å²) in [4.78, 5) is 11.6. The fraction of sp³-hybridized carbons (Fsp3) is 0.185. The summed E-state index contributed by atoms with van der Waals surface area (Å²) in [6.07, 6.45) is 1.67. The predicted molar refractivity (Wildman–Crippen MR) is 127 cm³/mol. The average molecular weight is 444 g/mol. The molecule has 4 rings (SSSR count). The van der Waals surface area contributed by atoms with Crippen LogP contribution in [0.1, 0.15) is 19.4 Å². The Labute approximate surface area is 192 Å². The van der Waals surface area contributed by atoms with E-state index in [2.05, 4.69) is 10.4 Å². The summed E-state index contributed by atoms with van der Waals surface area (Å²) < 4.78 is 16.5. The molecule has 33 heavy (non-hydrogen) atoms. The lowest BCUT2D eigenvalue weighted by Gasteiger charge is -2.18. The van der Waals surface area contributed by atoms with E-state index in [0.717, 1.165) is 22.4 Å². The van der Waals surface area contributed by atoms with Crippen LogP contribution in [0.25, 0.3) is 28.1 Å². The van der Waals surface area contributed by atoms with Crippen molar-refractivity contribution < 1.29 is 14.3 Å². The molecule has 1 atom stereocenters. The first-order valence-corrected chi connectivity index (χ1v) is 10.9. The number of aliphatic carboxylic acids is 1. The lowest BCUT2D eigenvalue weighted by atomic mass is 10.0. The van der Waals surface area contributed by atoms with Gasteiger partial charge in [-0.1, -0.05) is 68.4 Å². The first kappa shape index (κ1) is 22.4. The smallest absolute Gasteiger partial charge is 0.320 e. The Hall–Kier alpha value is -3.77. The van der Waals surface area contributed by atoms with Gasteiger partial charge in [-0.25, -0.2) is 9.07 Å². The van der Waals surface area contributed by atoms with Crippen molar-refractivity contribution in [3.8, 4) is 28.1 Å². The number of carboxylic acids is 1. The maximum absolute atomic E-state index is 14.8. The van der Waals surface area contributed by atoms with E-state index in [-0.39, 0.29) is 18.3 Å². The molecule has 0 spiro atoms. The van der Waals surface area contributed by atoms with E-state index >= 15 is 0 Å². The van der Waals surface area contributed by atoms with Gasteiger partial charge in [0.15, 0.2) is 0 Å². The molecule has 0 saturated heterocycles. The van der Waals surface area contributed by atoms with Crippen LogP contribution in [0.2, 0.25) is 0 Å². The SMILES string of the molecule is CC(C)C(NCc1cnn(-c2ccc(-c3ccccc3)cc2)c1-c1ccccc1F)C(=O)O. The minimum absolute atomic E-state index is 0.0972. The van der Waals surface area contributed by atoms with Crippen LogP contribution in [0, 0.1) is 11.7 Å². The molecule has 168 valence electrons. The third-order valence-corrected chi connectivity index (χ3v) is 5.64. The Morgan fingerprint density at radius 1 is 0.970 bits per heavy atom. The number of rotatable bonds is 8. The molecule has 0 radical (unpaired) electrons. The fourth-order valence-electron chi connectivity index (χ4n) is 3.90. The number of nitrogens with one attached hydrogen (secondary N) is 1. The van der Waals surface area contributed by atoms with Crippen molar-refractivity contribution in [3.63, 3.8) is 0 Å². The van der Waals surface area contributed by atoms with Crippen LogP contribution in [0.15, 0.2) is 85.1 Å². The van der Waals surface area contributed by atoms with Crippen LogP contribution < -0.4 is 5.32 Å². The lowest BCUT2D eigenvalue weighted by Crippen LogP contribution is -2.40. The van der Waals surface area contributed by atoms with E-state index in [0.29, 0.717) is 11.3 Å². The number of hydrogen-bond donors (Lipinski definition) is 2. The summed E-state index contributed by atoms with van der Waals surface area (Å²) in [5.41, 5.74) is 4.70. The molecule has 0 amide bonds. The van der Waals surface area contributed by atoms with Gasteiger partial charge in [-0.3, -0.25) is 10.1 Å². The van der Waals surface area contributed by atoms with Crippen LogP contribution in [0.3, 0.4) is 0 Å². The van der Waals surface area contributed by atoms with Crippen molar-refractivity contribution in [1.29, 1.82) is 0 Å². The number of carboxylic acid groups (broad SMARTS) is 1. The second-order valence-electron chi connectivity index (χ2n) is 8.26. The zero-order chi connectivity index (χ0) is 23.4. The topological polar surface area (TPSA) is 67.2 Å². The fourth-order valence-corrected chi connectivity index (χ4v) is 3.90. The van der Waals surface area contributed by atoms with Crippen molar-refractivity contribution in [3.05, 3.63) is 96.4 Å². The van der Waals surface area contributed by atoms with Crippen LogP contribution >= 0.6 is 0 Å². The number of halogens is 1. The molecule has 3 aromatic carbocycles. The quantitative estimate of drug-likeness (QED) is 0.375. The second-order valence-corrected chi connectivity index (χ2v) is 8.26. The van der Waals surface area contributed by atoms with E-state index in [1.165, 1.54) is 6.07 Å². The van der Waals surface area contributed by atoms with Gasteiger partial charge in [0.05, 0.1) is 17.6 Å². The molecule has 0 bridgehead atoms. The Balaban J connectivity index is 1.73. The summed E-state index contributed by atoms with van der Waals surface area (Å²) >= 11 is 0. The molecular formula is C27H26FN3O2. The third kappa shape index (κ3) is 4.86. The molecule has 0 fully saturated rings. The first-order valence-electron chi connectivity index (χ1n) is 10.9. The molecule has 4 aromatic rings. The van der Waals surface area contributed by atoms with Crippen molar-refractivity contribution in [2.45, 2.75) is 26.4 Å². The van der Waals surface area contributed by atoms with Crippen molar-refractivity contribution in [1.82, 2.24) is 15.1 Å². The van der Waals surface area contributed by atoms with Gasteiger partial charge in [-0.2, -0.15) is 5.10 Å². The number of carbonyl (C=O) groups is 1. The first-order chi connectivity index (χ1) is 16.0. The van der Waals surface area contributed by atoms with Crippen LogP contribution in [-0.2, 0) is 11.3 Å². The highest BCUT2D eigenvalue weighted by Gasteiger charge is 2.23. The highest BCUT2D eigenvalue weighted by molar-refractivity contribution is 5.74. The Kier molecular flexibility index (Phi) is 6.66. The molecule has 0 saturated carbocycles. The van der Waals surface area contributed by atoms with Crippen LogP contribution in [0.4, 0.5) is 4.39 Å². The Bertz CT molecular complexity index is 1230. The highest BCUT2D eigenvalue weighted by Crippen LogP contribution is 2.30. The van der Waals surface area contributed by atoms with Gasteiger partial charge >= 0.3 is 5.97 Å². The number of benzene rings is 3. The summed E-state index contributed by atoms with van der Waals surface area (Å²) in [6.45, 7) is 3.95. The van der Waals surface area contributed by atoms with Crippen molar-refractivity contribution in [2.24, 2.45) is 5.92 Å². The molecule has 0 aliphatic carbocycles. The maximum atomic E-state index is 14.8. The van der Waals surface area contributed by atoms with Gasteiger partial charge in [-0.05, 0) is 41.3 Å². The molecular weight excluding hydrogens is 417 g/mol. The van der Waals surface area contributed by atoms with E-state index < -0.39 is 12.0 Å². The summed E-state index contributed by atoms with van der Waals surface area (Å²) in [5, 5.41) is 17.1. The largest absolute Gasteiger partial charge is 0.480 e.